The molecule has 3 heterocycles. The number of Topliss-reactive ketones (excluding diaryl/α,β-unsaturated/α-hetero) is 1. The van der Waals surface area contributed by atoms with E-state index in [1.54, 1.807) is 0 Å². The predicted molar refractivity (Wildman–Crippen MR) is 88.5 cm³/mol. The van der Waals surface area contributed by atoms with E-state index in [0.717, 1.165) is 26.0 Å². The highest BCUT2D eigenvalue weighted by atomic mass is 16.5. The fourth-order valence-electron chi connectivity index (χ4n) is 4.88. The number of ketones is 1. The van der Waals surface area contributed by atoms with Gasteiger partial charge in [-0.2, -0.15) is 0 Å². The quantitative estimate of drug-likeness (QED) is 0.813. The van der Waals surface area contributed by atoms with E-state index in [0.29, 0.717) is 18.6 Å². The van der Waals surface area contributed by atoms with Gasteiger partial charge in [0.25, 0.3) is 0 Å². The Morgan fingerprint density at radius 2 is 2.17 bits per heavy atom. The molecule has 0 radical (unpaired) electrons. The largest absolute Gasteiger partial charge is 0.372 e. The molecule has 3 aliphatic rings. The Morgan fingerprint density at radius 3 is 3.09 bits per heavy atom. The Hall–Kier alpha value is -1.65. The van der Waals surface area contributed by atoms with E-state index in [2.05, 4.69) is 41.1 Å². The van der Waals surface area contributed by atoms with Gasteiger partial charge in [0, 0.05) is 42.0 Å². The molecule has 1 aromatic heterocycles. The molecule has 4 nitrogen and oxygen atoms in total. The van der Waals surface area contributed by atoms with Gasteiger partial charge in [-0.25, -0.2) is 0 Å². The van der Waals surface area contributed by atoms with Gasteiger partial charge in [-0.15, -0.1) is 0 Å². The number of carbonyl (C=O) groups is 1. The van der Waals surface area contributed by atoms with Gasteiger partial charge in [-0.3, -0.25) is 9.69 Å². The molecule has 0 bridgehead atoms. The molecule has 0 unspecified atom stereocenters. The van der Waals surface area contributed by atoms with Crippen LogP contribution in [0.15, 0.2) is 24.3 Å². The standard InChI is InChI=1S/C19H22N2O2/c1-19-8-6-12(22)10-17(19)21-9-7-14-13-4-2-3-5-15(13)20-18(14)16(21)11-23-19/h2-5,16-17,20H,6-11H2,1H3/t16-,17+,19-/m0/s1. The topological polar surface area (TPSA) is 45.3 Å². The normalized spacial score (nSPS) is 34.0. The van der Waals surface area contributed by atoms with Crippen LogP contribution in [-0.4, -0.2) is 40.5 Å². The maximum absolute atomic E-state index is 12.0. The molecule has 1 saturated heterocycles. The van der Waals surface area contributed by atoms with Gasteiger partial charge < -0.3 is 9.72 Å². The summed E-state index contributed by atoms with van der Waals surface area (Å²) in [5, 5.41) is 1.34. The number of rotatable bonds is 0. The van der Waals surface area contributed by atoms with Gasteiger partial charge in [0.1, 0.15) is 5.78 Å². The molecular weight excluding hydrogens is 288 g/mol. The van der Waals surface area contributed by atoms with Crippen molar-refractivity contribution < 1.29 is 9.53 Å². The van der Waals surface area contributed by atoms with Crippen LogP contribution < -0.4 is 0 Å². The van der Waals surface area contributed by atoms with E-state index in [9.17, 15) is 4.79 Å². The second-order valence-electron chi connectivity index (χ2n) is 7.45. The molecule has 120 valence electrons. The molecule has 0 amide bonds. The Labute approximate surface area is 135 Å². The Balaban J connectivity index is 1.58. The molecule has 0 spiro atoms. The molecule has 2 fully saturated rings. The third-order valence-corrected chi connectivity index (χ3v) is 6.20. The van der Waals surface area contributed by atoms with Crippen molar-refractivity contribution in [1.82, 2.24) is 9.88 Å². The average molecular weight is 310 g/mol. The summed E-state index contributed by atoms with van der Waals surface area (Å²) in [4.78, 5) is 18.2. The number of H-pyrrole nitrogens is 1. The second kappa shape index (κ2) is 4.68. The highest BCUT2D eigenvalue weighted by Gasteiger charge is 2.51. The first kappa shape index (κ1) is 13.8. The fourth-order valence-corrected chi connectivity index (χ4v) is 4.88. The van der Waals surface area contributed by atoms with Crippen LogP contribution in [0.4, 0.5) is 0 Å². The minimum absolute atomic E-state index is 0.159. The number of morpholine rings is 1. The Morgan fingerprint density at radius 1 is 1.30 bits per heavy atom. The molecule has 23 heavy (non-hydrogen) atoms. The summed E-state index contributed by atoms with van der Waals surface area (Å²) >= 11 is 0. The van der Waals surface area contributed by atoms with Gasteiger partial charge in [-0.1, -0.05) is 18.2 Å². The van der Waals surface area contributed by atoms with Crippen molar-refractivity contribution in [2.45, 2.75) is 50.3 Å². The molecule has 3 atom stereocenters. The van der Waals surface area contributed by atoms with Crippen LogP contribution in [-0.2, 0) is 16.0 Å². The summed E-state index contributed by atoms with van der Waals surface area (Å²) in [6, 6.07) is 9.03. The first-order valence-corrected chi connectivity index (χ1v) is 8.66. The van der Waals surface area contributed by atoms with Crippen molar-refractivity contribution in [2.24, 2.45) is 0 Å². The van der Waals surface area contributed by atoms with Gasteiger partial charge in [0.2, 0.25) is 0 Å². The van der Waals surface area contributed by atoms with Gasteiger partial charge >= 0.3 is 0 Å². The number of aromatic nitrogens is 1. The lowest BCUT2D eigenvalue weighted by Crippen LogP contribution is -2.63. The Kier molecular flexibility index (Phi) is 2.80. The average Bonchev–Trinajstić information content (AvgIpc) is 2.94. The van der Waals surface area contributed by atoms with Crippen molar-refractivity contribution >= 4 is 16.7 Å². The van der Waals surface area contributed by atoms with Crippen LogP contribution in [0.3, 0.4) is 0 Å². The van der Waals surface area contributed by atoms with Crippen molar-refractivity contribution in [3.8, 4) is 0 Å². The number of benzene rings is 1. The summed E-state index contributed by atoms with van der Waals surface area (Å²) in [7, 11) is 0. The molecule has 5 rings (SSSR count). The lowest BCUT2D eigenvalue weighted by molar-refractivity contribution is -0.185. The van der Waals surface area contributed by atoms with Crippen LogP contribution in [0.1, 0.15) is 43.5 Å². The third kappa shape index (κ3) is 1.88. The predicted octanol–water partition coefficient (Wildman–Crippen LogP) is 2.98. The monoisotopic (exact) mass is 310 g/mol. The number of hydrogen-bond donors (Lipinski definition) is 1. The van der Waals surface area contributed by atoms with Crippen LogP contribution in [0.5, 0.6) is 0 Å². The maximum atomic E-state index is 12.0. The number of aromatic amines is 1. The first-order valence-electron chi connectivity index (χ1n) is 8.66. The zero-order valence-corrected chi connectivity index (χ0v) is 13.5. The van der Waals surface area contributed by atoms with E-state index in [1.807, 2.05) is 0 Å². The molecule has 4 heteroatoms. The second-order valence-corrected chi connectivity index (χ2v) is 7.45. The number of carbonyl (C=O) groups excluding carboxylic acids is 1. The van der Waals surface area contributed by atoms with E-state index in [1.165, 1.54) is 22.2 Å². The SMILES string of the molecule is C[C@]12CCC(=O)C[C@H]1N1CCc3c([nH]c4ccccc34)[C@@H]1CO2. The third-order valence-electron chi connectivity index (χ3n) is 6.20. The van der Waals surface area contributed by atoms with Gasteiger partial charge in [-0.05, 0) is 31.4 Å². The van der Waals surface area contributed by atoms with Crippen molar-refractivity contribution in [2.75, 3.05) is 13.2 Å². The van der Waals surface area contributed by atoms with Crippen LogP contribution >= 0.6 is 0 Å². The molecule has 1 aromatic carbocycles. The van der Waals surface area contributed by atoms with Crippen molar-refractivity contribution in [3.63, 3.8) is 0 Å². The molecule has 2 aromatic rings. The molecule has 1 N–H and O–H groups in total. The summed E-state index contributed by atoms with van der Waals surface area (Å²) in [6.45, 7) is 3.94. The van der Waals surface area contributed by atoms with Crippen LogP contribution in [0, 0.1) is 0 Å². The van der Waals surface area contributed by atoms with Gasteiger partial charge in [0.05, 0.1) is 18.2 Å². The summed E-state index contributed by atoms with van der Waals surface area (Å²) in [6.07, 6.45) is 3.22. The summed E-state index contributed by atoms with van der Waals surface area (Å²) in [5.74, 6) is 0.388. The number of nitrogens with zero attached hydrogens (tertiary/aromatic N) is 1. The summed E-state index contributed by atoms with van der Waals surface area (Å²) in [5.41, 5.74) is 3.80. The summed E-state index contributed by atoms with van der Waals surface area (Å²) < 4.78 is 6.33. The number of nitrogens with one attached hydrogen (secondary N) is 1. The minimum Gasteiger partial charge on any atom is -0.372 e. The molecule has 1 saturated carbocycles. The zero-order valence-electron chi connectivity index (χ0n) is 13.5. The molecular formula is C19H22N2O2. The molecule has 1 aliphatic carbocycles. The minimum atomic E-state index is -0.159. The number of ether oxygens (including phenoxy) is 1. The maximum Gasteiger partial charge on any atom is 0.134 e. The van der Waals surface area contributed by atoms with Crippen molar-refractivity contribution in [3.05, 3.63) is 35.5 Å². The zero-order chi connectivity index (χ0) is 15.6. The highest BCUT2D eigenvalue weighted by molar-refractivity contribution is 5.85. The lowest BCUT2D eigenvalue weighted by Gasteiger charge is -2.54. The molecule has 2 aliphatic heterocycles. The van der Waals surface area contributed by atoms with E-state index in [4.69, 9.17) is 4.74 Å². The highest BCUT2D eigenvalue weighted by Crippen LogP contribution is 2.45. The van der Waals surface area contributed by atoms with Crippen LogP contribution in [0.2, 0.25) is 0 Å². The van der Waals surface area contributed by atoms with Crippen LogP contribution in [0.25, 0.3) is 10.9 Å². The Bertz CT molecular complexity index is 796. The lowest BCUT2D eigenvalue weighted by atomic mass is 9.77. The van der Waals surface area contributed by atoms with Gasteiger partial charge in [0.15, 0.2) is 0 Å². The van der Waals surface area contributed by atoms with E-state index in [-0.39, 0.29) is 17.7 Å². The fraction of sp³-hybridized carbons (Fsp3) is 0.526. The van der Waals surface area contributed by atoms with E-state index >= 15 is 0 Å². The smallest absolute Gasteiger partial charge is 0.134 e. The van der Waals surface area contributed by atoms with Crippen molar-refractivity contribution in [1.29, 1.82) is 0 Å². The first-order chi connectivity index (χ1) is 11.2. The number of para-hydroxylation sites is 1. The number of hydrogen-bond acceptors (Lipinski definition) is 3. The number of fused-ring (bicyclic) bond motifs is 7. The van der Waals surface area contributed by atoms with E-state index < -0.39 is 0 Å².